The van der Waals surface area contributed by atoms with Gasteiger partial charge in [-0.1, -0.05) is 18.9 Å². The van der Waals surface area contributed by atoms with Crippen LogP contribution in [0.1, 0.15) is 51.9 Å². The van der Waals surface area contributed by atoms with Gasteiger partial charge in [0.05, 0.1) is 6.04 Å². The van der Waals surface area contributed by atoms with E-state index in [0.29, 0.717) is 37.5 Å². The lowest BCUT2D eigenvalue weighted by Gasteiger charge is -2.44. The summed E-state index contributed by atoms with van der Waals surface area (Å²) in [5.74, 6) is 0.825. The van der Waals surface area contributed by atoms with Crippen molar-refractivity contribution >= 4 is 11.9 Å². The first-order chi connectivity index (χ1) is 13.1. The van der Waals surface area contributed by atoms with E-state index >= 15 is 0 Å². The molecular weight excluding hydrogens is 340 g/mol. The Kier molecular flexibility index (Phi) is 7.16. The summed E-state index contributed by atoms with van der Waals surface area (Å²) in [6, 6.07) is 0.343. The van der Waals surface area contributed by atoms with Gasteiger partial charge < -0.3 is 15.1 Å². The molecule has 0 spiro atoms. The quantitative estimate of drug-likeness (QED) is 0.750. The van der Waals surface area contributed by atoms with Gasteiger partial charge in [-0.3, -0.25) is 9.69 Å². The van der Waals surface area contributed by atoms with Crippen LogP contribution in [0.2, 0.25) is 0 Å². The van der Waals surface area contributed by atoms with Gasteiger partial charge in [-0.2, -0.15) is 0 Å². The fourth-order valence-electron chi connectivity index (χ4n) is 5.00. The number of nitrogens with zero attached hydrogens (tertiary/aromatic N) is 3. The average molecular weight is 377 g/mol. The van der Waals surface area contributed by atoms with E-state index in [1.807, 2.05) is 4.90 Å². The Labute approximate surface area is 163 Å². The van der Waals surface area contributed by atoms with Gasteiger partial charge in [0.1, 0.15) is 0 Å². The summed E-state index contributed by atoms with van der Waals surface area (Å²) in [6.45, 7) is 10.2. The molecule has 6 heteroatoms. The molecule has 6 nitrogen and oxygen atoms in total. The van der Waals surface area contributed by atoms with Crippen LogP contribution in [-0.2, 0) is 4.79 Å². The fourth-order valence-corrected chi connectivity index (χ4v) is 5.00. The van der Waals surface area contributed by atoms with Crippen molar-refractivity contribution in [3.63, 3.8) is 0 Å². The van der Waals surface area contributed by atoms with Gasteiger partial charge in [0, 0.05) is 45.3 Å². The van der Waals surface area contributed by atoms with Crippen molar-refractivity contribution in [1.82, 2.24) is 20.0 Å². The van der Waals surface area contributed by atoms with Crippen molar-refractivity contribution in [3.8, 4) is 0 Å². The second kappa shape index (κ2) is 9.58. The maximum absolute atomic E-state index is 13.5. The van der Waals surface area contributed by atoms with E-state index in [1.165, 1.54) is 32.1 Å². The second-order valence-electron chi connectivity index (χ2n) is 8.36. The highest BCUT2D eigenvalue weighted by molar-refractivity contribution is 5.83. The zero-order valence-electron chi connectivity index (χ0n) is 16.9. The predicted octanol–water partition coefficient (Wildman–Crippen LogP) is 2.46. The third kappa shape index (κ3) is 4.84. The first-order valence-electron chi connectivity index (χ1n) is 10.8. The van der Waals surface area contributed by atoms with Gasteiger partial charge in [-0.25, -0.2) is 4.79 Å². The van der Waals surface area contributed by atoms with Crippen molar-refractivity contribution in [2.75, 3.05) is 39.3 Å². The van der Waals surface area contributed by atoms with Gasteiger partial charge >= 0.3 is 6.03 Å². The van der Waals surface area contributed by atoms with E-state index in [0.717, 1.165) is 32.5 Å². The number of piperazine rings is 1. The van der Waals surface area contributed by atoms with E-state index in [9.17, 15) is 9.59 Å². The molecule has 0 aromatic carbocycles. The topological polar surface area (TPSA) is 55.9 Å². The van der Waals surface area contributed by atoms with Crippen LogP contribution in [0.4, 0.5) is 4.79 Å². The molecule has 2 heterocycles. The lowest BCUT2D eigenvalue weighted by molar-refractivity contribution is -0.143. The highest BCUT2D eigenvalue weighted by atomic mass is 16.2. The van der Waals surface area contributed by atoms with E-state index < -0.39 is 0 Å². The van der Waals surface area contributed by atoms with Gasteiger partial charge in [-0.15, -0.1) is 6.58 Å². The van der Waals surface area contributed by atoms with Crippen molar-refractivity contribution in [3.05, 3.63) is 12.7 Å². The third-order valence-electron chi connectivity index (χ3n) is 6.58. The summed E-state index contributed by atoms with van der Waals surface area (Å²) >= 11 is 0. The van der Waals surface area contributed by atoms with Crippen LogP contribution in [0.5, 0.6) is 0 Å². The first kappa shape index (κ1) is 20.2. The number of amides is 3. The molecule has 1 aliphatic carbocycles. The Bertz CT molecular complexity index is 524. The SMILES string of the molecule is C=CCNC(=O)N1CCN(C(C(=O)N2CCCCC2C)C2CCCC2)CC1. The highest BCUT2D eigenvalue weighted by Crippen LogP contribution is 2.33. The summed E-state index contributed by atoms with van der Waals surface area (Å²) in [5.41, 5.74) is 0. The summed E-state index contributed by atoms with van der Waals surface area (Å²) in [5, 5.41) is 2.86. The molecular formula is C21H36N4O2. The van der Waals surface area contributed by atoms with Crippen molar-refractivity contribution < 1.29 is 9.59 Å². The van der Waals surface area contributed by atoms with Crippen LogP contribution >= 0.6 is 0 Å². The molecule has 0 aromatic rings. The molecule has 3 amide bonds. The Hall–Kier alpha value is -1.56. The number of rotatable bonds is 5. The molecule has 2 atom stereocenters. The third-order valence-corrected chi connectivity index (χ3v) is 6.58. The van der Waals surface area contributed by atoms with Gasteiger partial charge in [-0.05, 0) is 44.9 Å². The molecule has 2 unspecified atom stereocenters. The minimum absolute atomic E-state index is 0.00596. The lowest BCUT2D eigenvalue weighted by atomic mass is 9.92. The van der Waals surface area contributed by atoms with Crippen LogP contribution in [0.15, 0.2) is 12.7 Å². The Morgan fingerprint density at radius 2 is 1.70 bits per heavy atom. The molecule has 3 rings (SSSR count). The largest absolute Gasteiger partial charge is 0.339 e. The zero-order valence-corrected chi connectivity index (χ0v) is 16.9. The number of nitrogens with one attached hydrogen (secondary N) is 1. The number of carbonyl (C=O) groups is 2. The molecule has 3 aliphatic rings. The summed E-state index contributed by atoms with van der Waals surface area (Å²) in [7, 11) is 0. The van der Waals surface area contributed by atoms with Gasteiger partial charge in [0.25, 0.3) is 0 Å². The molecule has 2 aliphatic heterocycles. The monoisotopic (exact) mass is 376 g/mol. The lowest BCUT2D eigenvalue weighted by Crippen LogP contribution is -2.60. The minimum atomic E-state index is -0.0251. The number of likely N-dealkylation sites (tertiary alicyclic amines) is 1. The number of hydrogen-bond donors (Lipinski definition) is 1. The van der Waals surface area contributed by atoms with Gasteiger partial charge in [0.2, 0.25) is 5.91 Å². The van der Waals surface area contributed by atoms with E-state index in [2.05, 4.69) is 28.6 Å². The second-order valence-corrected chi connectivity index (χ2v) is 8.36. The van der Waals surface area contributed by atoms with E-state index in [-0.39, 0.29) is 12.1 Å². The number of urea groups is 1. The molecule has 1 saturated carbocycles. The summed E-state index contributed by atoms with van der Waals surface area (Å²) < 4.78 is 0. The van der Waals surface area contributed by atoms with Crippen LogP contribution in [0.25, 0.3) is 0 Å². The maximum atomic E-state index is 13.5. The fraction of sp³-hybridized carbons (Fsp3) is 0.810. The summed E-state index contributed by atoms with van der Waals surface area (Å²) in [4.78, 5) is 32.1. The molecule has 0 aromatic heterocycles. The van der Waals surface area contributed by atoms with Crippen LogP contribution in [0, 0.1) is 5.92 Å². The Balaban J connectivity index is 1.64. The van der Waals surface area contributed by atoms with Crippen molar-refractivity contribution in [2.24, 2.45) is 5.92 Å². The minimum Gasteiger partial charge on any atom is -0.339 e. The standard InChI is InChI=1S/C21H36N4O2/c1-3-11-22-21(27)24-15-13-23(14-16-24)19(18-9-4-5-10-18)20(26)25-12-7-6-8-17(25)2/h3,17-19H,1,4-16H2,2H3,(H,22,27). The van der Waals surface area contributed by atoms with E-state index in [1.54, 1.807) is 6.08 Å². The molecule has 0 bridgehead atoms. The summed E-state index contributed by atoms with van der Waals surface area (Å²) in [6.07, 6.45) is 10.0. The van der Waals surface area contributed by atoms with E-state index in [4.69, 9.17) is 0 Å². The molecule has 2 saturated heterocycles. The van der Waals surface area contributed by atoms with Gasteiger partial charge in [0.15, 0.2) is 0 Å². The van der Waals surface area contributed by atoms with Crippen LogP contribution in [-0.4, -0.2) is 78.0 Å². The van der Waals surface area contributed by atoms with Crippen LogP contribution in [0.3, 0.4) is 0 Å². The molecule has 1 N–H and O–H groups in total. The smallest absolute Gasteiger partial charge is 0.317 e. The molecule has 152 valence electrons. The average Bonchev–Trinajstić information content (AvgIpc) is 3.21. The van der Waals surface area contributed by atoms with Crippen molar-refractivity contribution in [1.29, 1.82) is 0 Å². The Morgan fingerprint density at radius 3 is 2.33 bits per heavy atom. The number of piperidine rings is 1. The number of carbonyl (C=O) groups excluding carboxylic acids is 2. The predicted molar refractivity (Wildman–Crippen MR) is 108 cm³/mol. The molecule has 0 radical (unpaired) electrons. The maximum Gasteiger partial charge on any atom is 0.317 e. The number of hydrogen-bond acceptors (Lipinski definition) is 3. The van der Waals surface area contributed by atoms with Crippen molar-refractivity contribution in [2.45, 2.75) is 64.0 Å². The normalized spacial score (nSPS) is 26.0. The zero-order chi connectivity index (χ0) is 19.2. The molecule has 3 fully saturated rings. The molecule has 27 heavy (non-hydrogen) atoms. The van der Waals surface area contributed by atoms with Crippen LogP contribution < -0.4 is 5.32 Å². The highest BCUT2D eigenvalue weighted by Gasteiger charge is 2.40. The first-order valence-corrected chi connectivity index (χ1v) is 10.8. The Morgan fingerprint density at radius 1 is 1.04 bits per heavy atom.